The number of amides is 2. The molecule has 1 heterocycles. The highest BCUT2D eigenvalue weighted by atomic mass is 35.5. The van der Waals surface area contributed by atoms with Crippen LogP contribution >= 0.6 is 23.4 Å². The quantitative estimate of drug-likeness (QED) is 0.542. The fraction of sp³-hybridized carbons (Fsp3) is 0.227. The number of anilines is 1. The first kappa shape index (κ1) is 21.8. The number of nitriles is 1. The molecule has 0 aliphatic carbocycles. The van der Waals surface area contributed by atoms with Crippen LogP contribution in [0.4, 0.5) is 5.69 Å². The molecule has 3 rings (SSSR count). The van der Waals surface area contributed by atoms with E-state index in [9.17, 15) is 14.9 Å². The highest BCUT2D eigenvalue weighted by Gasteiger charge is 2.40. The van der Waals surface area contributed by atoms with Crippen molar-refractivity contribution in [3.05, 3.63) is 69.7 Å². The number of likely N-dealkylation sites (N-methyl/N-ethyl adjacent to an activating group) is 1. The molecule has 1 unspecified atom stereocenters. The molecule has 6 nitrogen and oxygen atoms in total. The molecule has 1 atom stereocenters. The number of rotatable bonds is 6. The lowest BCUT2D eigenvalue weighted by molar-refractivity contribution is -0.117. The van der Waals surface area contributed by atoms with Crippen molar-refractivity contribution in [2.75, 3.05) is 18.6 Å². The first-order chi connectivity index (χ1) is 14.5. The third kappa shape index (κ3) is 4.61. The van der Waals surface area contributed by atoms with Gasteiger partial charge in [-0.1, -0.05) is 35.5 Å². The van der Waals surface area contributed by atoms with Gasteiger partial charge in [0.25, 0.3) is 5.91 Å². The molecule has 1 aliphatic heterocycles. The number of thioether (sulfide) groups is 1. The molecule has 0 saturated carbocycles. The van der Waals surface area contributed by atoms with Gasteiger partial charge in [-0.3, -0.25) is 14.5 Å². The summed E-state index contributed by atoms with van der Waals surface area (Å²) >= 11 is 7.29. The Balaban J connectivity index is 2.01. The Hall–Kier alpha value is -2.95. The van der Waals surface area contributed by atoms with E-state index in [-0.39, 0.29) is 11.5 Å². The lowest BCUT2D eigenvalue weighted by atomic mass is 10.1. The van der Waals surface area contributed by atoms with Gasteiger partial charge in [-0.05, 0) is 55.3 Å². The van der Waals surface area contributed by atoms with Gasteiger partial charge < -0.3 is 10.1 Å². The maximum atomic E-state index is 13.3. The first-order valence-corrected chi connectivity index (χ1v) is 10.6. The predicted molar refractivity (Wildman–Crippen MR) is 118 cm³/mol. The lowest BCUT2D eigenvalue weighted by Gasteiger charge is -2.19. The van der Waals surface area contributed by atoms with Crippen molar-refractivity contribution in [2.24, 2.45) is 0 Å². The molecule has 2 aromatic carbocycles. The fourth-order valence-corrected chi connectivity index (χ4v) is 4.60. The molecule has 1 N–H and O–H groups in total. The summed E-state index contributed by atoms with van der Waals surface area (Å²) in [6.07, 6.45) is 0.424. The number of carbonyl (C=O) groups is 2. The Kier molecular flexibility index (Phi) is 7.03. The molecule has 0 aromatic heterocycles. The summed E-state index contributed by atoms with van der Waals surface area (Å²) < 4.78 is 5.46. The predicted octanol–water partition coefficient (Wildman–Crippen LogP) is 3.91. The SMILES string of the molecule is CCOc1ccc(N2C(=O)C(Cc3cccc(Cl)c3)S/C2=C(/C#N)C(=O)NC)cc1. The smallest absolute Gasteiger partial charge is 0.264 e. The summed E-state index contributed by atoms with van der Waals surface area (Å²) in [7, 11) is 1.45. The van der Waals surface area contributed by atoms with E-state index in [4.69, 9.17) is 16.3 Å². The van der Waals surface area contributed by atoms with Crippen LogP contribution in [0.1, 0.15) is 12.5 Å². The highest BCUT2D eigenvalue weighted by molar-refractivity contribution is 8.05. The van der Waals surface area contributed by atoms with Crippen LogP contribution in [0.3, 0.4) is 0 Å². The number of hydrogen-bond acceptors (Lipinski definition) is 5. The Bertz CT molecular complexity index is 1030. The molecule has 30 heavy (non-hydrogen) atoms. The van der Waals surface area contributed by atoms with Crippen LogP contribution in [-0.2, 0) is 16.0 Å². The van der Waals surface area contributed by atoms with Gasteiger partial charge in [0.2, 0.25) is 5.91 Å². The molecular weight excluding hydrogens is 422 g/mol. The number of nitrogens with one attached hydrogen (secondary N) is 1. The number of halogens is 1. The normalized spacial score (nSPS) is 17.5. The van der Waals surface area contributed by atoms with Crippen LogP contribution in [0.2, 0.25) is 5.02 Å². The Morgan fingerprint density at radius 2 is 2.03 bits per heavy atom. The van der Waals surface area contributed by atoms with E-state index in [1.54, 1.807) is 30.3 Å². The number of carbonyl (C=O) groups excluding carboxylic acids is 2. The molecular formula is C22H20ClN3O3S. The van der Waals surface area contributed by atoms with Gasteiger partial charge in [0.1, 0.15) is 22.4 Å². The standard InChI is InChI=1S/C22H20ClN3O3S/c1-3-29-17-9-7-16(8-10-17)26-21(28)19(12-14-5-4-6-15(23)11-14)30-22(26)18(13-24)20(27)25-2/h4-11,19H,3,12H2,1-2H3,(H,25,27)/b22-18-. The minimum absolute atomic E-state index is 0.0988. The van der Waals surface area contributed by atoms with Crippen LogP contribution in [0.15, 0.2) is 59.1 Å². The van der Waals surface area contributed by atoms with Crippen molar-refractivity contribution >= 4 is 40.9 Å². The molecule has 1 saturated heterocycles. The van der Waals surface area contributed by atoms with Crippen LogP contribution < -0.4 is 15.0 Å². The van der Waals surface area contributed by atoms with Crippen molar-refractivity contribution in [2.45, 2.75) is 18.6 Å². The number of nitrogens with zero attached hydrogens (tertiary/aromatic N) is 2. The molecule has 1 fully saturated rings. The van der Waals surface area contributed by atoms with Gasteiger partial charge in [-0.15, -0.1) is 0 Å². The lowest BCUT2D eigenvalue weighted by Crippen LogP contribution is -2.31. The zero-order chi connectivity index (χ0) is 21.7. The zero-order valence-corrected chi connectivity index (χ0v) is 18.1. The van der Waals surface area contributed by atoms with Gasteiger partial charge in [0.15, 0.2) is 0 Å². The van der Waals surface area contributed by atoms with E-state index in [1.165, 1.54) is 23.7 Å². The number of benzene rings is 2. The zero-order valence-electron chi connectivity index (χ0n) is 16.5. The van der Waals surface area contributed by atoms with Crippen molar-refractivity contribution < 1.29 is 14.3 Å². The maximum Gasteiger partial charge on any atom is 0.264 e. The third-order valence-corrected chi connectivity index (χ3v) is 5.95. The second-order valence-corrected chi connectivity index (χ2v) is 8.04. The Morgan fingerprint density at radius 1 is 1.30 bits per heavy atom. The van der Waals surface area contributed by atoms with E-state index in [0.29, 0.717) is 34.5 Å². The number of hydrogen-bond donors (Lipinski definition) is 1. The first-order valence-electron chi connectivity index (χ1n) is 9.32. The van der Waals surface area contributed by atoms with E-state index < -0.39 is 11.2 Å². The summed E-state index contributed by atoms with van der Waals surface area (Å²) in [5.41, 5.74) is 1.37. The monoisotopic (exact) mass is 441 g/mol. The van der Waals surface area contributed by atoms with Crippen LogP contribution in [0.5, 0.6) is 5.75 Å². The molecule has 0 spiro atoms. The average molecular weight is 442 g/mol. The highest BCUT2D eigenvalue weighted by Crippen LogP contribution is 2.42. The third-order valence-electron chi connectivity index (χ3n) is 4.45. The molecule has 154 valence electrons. The van der Waals surface area contributed by atoms with E-state index in [2.05, 4.69) is 5.32 Å². The maximum absolute atomic E-state index is 13.3. The van der Waals surface area contributed by atoms with Gasteiger partial charge in [0, 0.05) is 17.8 Å². The largest absolute Gasteiger partial charge is 0.494 e. The van der Waals surface area contributed by atoms with Crippen LogP contribution in [-0.4, -0.2) is 30.7 Å². The van der Waals surface area contributed by atoms with Gasteiger partial charge in [-0.25, -0.2) is 0 Å². The summed E-state index contributed by atoms with van der Waals surface area (Å²) in [4.78, 5) is 27.0. The second-order valence-electron chi connectivity index (χ2n) is 6.41. The van der Waals surface area contributed by atoms with E-state index in [1.807, 2.05) is 31.2 Å². The number of ether oxygens (including phenoxy) is 1. The molecule has 2 aromatic rings. The van der Waals surface area contributed by atoms with Gasteiger partial charge >= 0.3 is 0 Å². The van der Waals surface area contributed by atoms with Crippen molar-refractivity contribution in [3.8, 4) is 11.8 Å². The van der Waals surface area contributed by atoms with Crippen LogP contribution in [0, 0.1) is 11.3 Å². The Labute approximate surface area is 184 Å². The average Bonchev–Trinajstić information content (AvgIpc) is 3.05. The molecule has 1 aliphatic rings. The summed E-state index contributed by atoms with van der Waals surface area (Å²) in [5, 5.41) is 12.5. The van der Waals surface area contributed by atoms with Crippen LogP contribution in [0.25, 0.3) is 0 Å². The van der Waals surface area contributed by atoms with Crippen molar-refractivity contribution in [3.63, 3.8) is 0 Å². The molecule has 0 bridgehead atoms. The second kappa shape index (κ2) is 9.70. The summed E-state index contributed by atoms with van der Waals surface area (Å²) in [6, 6.07) is 16.2. The topological polar surface area (TPSA) is 82.4 Å². The van der Waals surface area contributed by atoms with Gasteiger partial charge in [0.05, 0.1) is 11.9 Å². The minimum Gasteiger partial charge on any atom is -0.494 e. The fourth-order valence-electron chi connectivity index (χ4n) is 3.08. The molecule has 8 heteroatoms. The minimum atomic E-state index is -0.535. The molecule has 2 amide bonds. The molecule has 0 radical (unpaired) electrons. The summed E-state index contributed by atoms with van der Waals surface area (Å²) in [6.45, 7) is 2.42. The van der Waals surface area contributed by atoms with Gasteiger partial charge in [-0.2, -0.15) is 5.26 Å². The van der Waals surface area contributed by atoms with E-state index in [0.717, 1.165) is 5.56 Å². The Morgan fingerprint density at radius 3 is 2.63 bits per heavy atom. The van der Waals surface area contributed by atoms with Crippen molar-refractivity contribution in [1.82, 2.24) is 5.32 Å². The van der Waals surface area contributed by atoms with E-state index >= 15 is 0 Å². The summed E-state index contributed by atoms with van der Waals surface area (Å²) in [5.74, 6) is -0.0590. The van der Waals surface area contributed by atoms with Crippen molar-refractivity contribution in [1.29, 1.82) is 5.26 Å².